The third-order valence-corrected chi connectivity index (χ3v) is 8.66. The van der Waals surface area contributed by atoms with Gasteiger partial charge in [-0.1, -0.05) is 43.0 Å². The second kappa shape index (κ2) is 13.7. The molecule has 1 amide bonds. The van der Waals surface area contributed by atoms with Crippen molar-refractivity contribution in [2.45, 2.75) is 32.6 Å². The van der Waals surface area contributed by atoms with Gasteiger partial charge in [-0.05, 0) is 65.6 Å². The Labute approximate surface area is 250 Å². The molecule has 0 aromatic heterocycles. The average molecular weight is 571 g/mol. The van der Waals surface area contributed by atoms with Crippen LogP contribution in [0.3, 0.4) is 0 Å². The first kappa shape index (κ1) is 30.1. The summed E-state index contributed by atoms with van der Waals surface area (Å²) in [4.78, 5) is 18.0. The van der Waals surface area contributed by atoms with E-state index in [0.29, 0.717) is 23.7 Å². The van der Waals surface area contributed by atoms with Crippen LogP contribution < -0.4 is 10.6 Å². The summed E-state index contributed by atoms with van der Waals surface area (Å²) in [6.07, 6.45) is 2.01. The number of hydrogen-bond acceptors (Lipinski definition) is 4. The Balaban J connectivity index is 1.19. The molecule has 42 heavy (non-hydrogen) atoms. The molecule has 1 atom stereocenters. The lowest BCUT2D eigenvalue weighted by Gasteiger charge is -2.41. The molecule has 0 bridgehead atoms. The molecule has 2 N–H and O–H groups in total. The van der Waals surface area contributed by atoms with Crippen LogP contribution in [-0.2, 0) is 19.6 Å². The number of halogens is 1. The van der Waals surface area contributed by atoms with Crippen molar-refractivity contribution in [3.63, 3.8) is 0 Å². The normalized spacial score (nSPS) is 19.4. The van der Waals surface area contributed by atoms with Gasteiger partial charge < -0.3 is 15.1 Å². The molecule has 0 radical (unpaired) electrons. The third-order valence-electron chi connectivity index (χ3n) is 8.66. The van der Waals surface area contributed by atoms with Gasteiger partial charge in [0.1, 0.15) is 5.82 Å². The summed E-state index contributed by atoms with van der Waals surface area (Å²) in [6.45, 7) is 16.4. The maximum atomic E-state index is 15.0. The zero-order chi connectivity index (χ0) is 29.5. The lowest BCUT2D eigenvalue weighted by molar-refractivity contribution is -0.908. The van der Waals surface area contributed by atoms with Gasteiger partial charge in [-0.25, -0.2) is 4.39 Å². The molecule has 2 heterocycles. The van der Waals surface area contributed by atoms with Crippen LogP contribution in [0.5, 0.6) is 0 Å². The van der Waals surface area contributed by atoms with E-state index in [4.69, 9.17) is 0 Å². The summed E-state index contributed by atoms with van der Waals surface area (Å²) in [5.74, 6) is -0.379. The standard InChI is InChI=1S/C35H44FN5O/c1-4-17-41(3)18-15-39(16-19-41)25-30-8-6-10-32(21-30)35(42)38-23-28-11-12-34(36)33(22-28)31-9-5-7-29(20-31)26-40-14-13-37-27(2)24-40/h4-12,20-22,27,37H,1,13-19,23-26H2,2-3H3/p+1/t27-/m0/s1. The van der Waals surface area contributed by atoms with E-state index in [0.717, 1.165) is 86.6 Å². The fourth-order valence-electron chi connectivity index (χ4n) is 6.15. The topological polar surface area (TPSA) is 47.6 Å². The molecule has 2 saturated heterocycles. The maximum absolute atomic E-state index is 15.0. The number of amides is 1. The van der Waals surface area contributed by atoms with Crippen LogP contribution in [0.15, 0.2) is 79.4 Å². The van der Waals surface area contributed by atoms with Crippen molar-refractivity contribution in [1.29, 1.82) is 0 Å². The number of quaternary nitrogens is 1. The molecule has 3 aromatic rings. The largest absolute Gasteiger partial charge is 0.348 e. The minimum absolute atomic E-state index is 0.121. The van der Waals surface area contributed by atoms with Crippen LogP contribution in [0.2, 0.25) is 0 Å². The summed E-state index contributed by atoms with van der Waals surface area (Å²) in [5.41, 5.74) is 5.25. The third kappa shape index (κ3) is 7.92. The Kier molecular flexibility index (Phi) is 9.85. The SMILES string of the molecule is C=CC[N+]1(C)CCN(Cc2cccc(C(=O)NCc3ccc(F)c(-c4cccc(CN5CCN[C@@H](C)C5)c4)c3)c2)CC1. The number of rotatable bonds is 10. The summed E-state index contributed by atoms with van der Waals surface area (Å²) in [5, 5.41) is 6.52. The fourth-order valence-corrected chi connectivity index (χ4v) is 6.15. The molecular weight excluding hydrogens is 525 g/mol. The predicted molar refractivity (Wildman–Crippen MR) is 168 cm³/mol. The van der Waals surface area contributed by atoms with Gasteiger partial charge in [0, 0.05) is 69.5 Å². The first-order chi connectivity index (χ1) is 20.3. The molecule has 5 rings (SSSR count). The van der Waals surface area contributed by atoms with Crippen LogP contribution in [0, 0.1) is 5.82 Å². The molecule has 7 heteroatoms. The first-order valence-electron chi connectivity index (χ1n) is 15.2. The number of nitrogens with one attached hydrogen (secondary N) is 2. The van der Waals surface area contributed by atoms with Crippen LogP contribution in [0.1, 0.15) is 34.0 Å². The monoisotopic (exact) mass is 570 g/mol. The molecule has 2 aliphatic rings. The molecular formula is C35H45FN5O+. The Morgan fingerprint density at radius 1 is 1.00 bits per heavy atom. The van der Waals surface area contributed by atoms with E-state index >= 15 is 0 Å². The van der Waals surface area contributed by atoms with Gasteiger partial charge in [-0.2, -0.15) is 0 Å². The summed E-state index contributed by atoms with van der Waals surface area (Å²) in [6, 6.07) is 21.6. The Bertz CT molecular complexity index is 1380. The van der Waals surface area contributed by atoms with Crippen molar-refractivity contribution in [1.82, 2.24) is 20.4 Å². The zero-order valence-corrected chi connectivity index (χ0v) is 25.1. The van der Waals surface area contributed by atoms with Gasteiger partial charge in [0.15, 0.2) is 0 Å². The second-order valence-electron chi connectivity index (χ2n) is 12.3. The molecule has 222 valence electrons. The smallest absolute Gasteiger partial charge is 0.251 e. The lowest BCUT2D eigenvalue weighted by Crippen LogP contribution is -2.56. The number of hydrogen-bond donors (Lipinski definition) is 2. The molecule has 0 unspecified atom stereocenters. The highest BCUT2D eigenvalue weighted by atomic mass is 19.1. The summed E-state index contributed by atoms with van der Waals surface area (Å²) >= 11 is 0. The van der Waals surface area contributed by atoms with E-state index in [1.54, 1.807) is 6.07 Å². The molecule has 0 saturated carbocycles. The number of nitrogens with zero attached hydrogens (tertiary/aromatic N) is 3. The van der Waals surface area contributed by atoms with Gasteiger partial charge >= 0.3 is 0 Å². The molecule has 0 spiro atoms. The van der Waals surface area contributed by atoms with E-state index < -0.39 is 0 Å². The van der Waals surface area contributed by atoms with E-state index in [1.165, 1.54) is 11.6 Å². The average Bonchev–Trinajstić information content (AvgIpc) is 2.98. The van der Waals surface area contributed by atoms with Gasteiger partial charge in [0.2, 0.25) is 0 Å². The number of carbonyl (C=O) groups excluding carboxylic acids is 1. The summed E-state index contributed by atoms with van der Waals surface area (Å²) in [7, 11) is 2.29. The van der Waals surface area contributed by atoms with Crippen LogP contribution in [0.4, 0.5) is 4.39 Å². The van der Waals surface area contributed by atoms with E-state index in [9.17, 15) is 9.18 Å². The van der Waals surface area contributed by atoms with Gasteiger partial charge in [-0.15, -0.1) is 0 Å². The van der Waals surface area contributed by atoms with E-state index in [1.807, 2.05) is 42.5 Å². The zero-order valence-electron chi connectivity index (χ0n) is 25.1. The Morgan fingerprint density at radius 2 is 1.74 bits per heavy atom. The molecule has 2 fully saturated rings. The van der Waals surface area contributed by atoms with Crippen LogP contribution >= 0.6 is 0 Å². The first-order valence-corrected chi connectivity index (χ1v) is 15.2. The number of benzene rings is 3. The van der Waals surface area contributed by atoms with Crippen LogP contribution in [-0.4, -0.2) is 85.6 Å². The molecule has 0 aliphatic carbocycles. The summed E-state index contributed by atoms with van der Waals surface area (Å²) < 4.78 is 16.0. The van der Waals surface area contributed by atoms with Gasteiger partial charge in [0.05, 0.1) is 26.7 Å². The predicted octanol–water partition coefficient (Wildman–Crippen LogP) is 4.66. The highest BCUT2D eigenvalue weighted by Crippen LogP contribution is 2.26. The van der Waals surface area contributed by atoms with Crippen molar-refractivity contribution in [2.24, 2.45) is 0 Å². The molecule has 6 nitrogen and oxygen atoms in total. The van der Waals surface area contributed by atoms with Crippen molar-refractivity contribution in [3.05, 3.63) is 107 Å². The minimum atomic E-state index is -0.257. The molecule has 3 aromatic carbocycles. The second-order valence-corrected chi connectivity index (χ2v) is 12.3. The fraction of sp³-hybridized carbons (Fsp3) is 0.400. The quantitative estimate of drug-likeness (QED) is 0.275. The highest BCUT2D eigenvalue weighted by Gasteiger charge is 2.27. The number of piperazine rings is 2. The maximum Gasteiger partial charge on any atom is 0.251 e. The van der Waals surface area contributed by atoms with Gasteiger partial charge in [-0.3, -0.25) is 14.6 Å². The van der Waals surface area contributed by atoms with Crippen LogP contribution in [0.25, 0.3) is 11.1 Å². The van der Waals surface area contributed by atoms with E-state index in [2.05, 4.69) is 59.2 Å². The Hall–Kier alpha value is -3.36. The number of carbonyl (C=O) groups is 1. The lowest BCUT2D eigenvalue weighted by atomic mass is 10.00. The van der Waals surface area contributed by atoms with Crippen molar-refractivity contribution in [3.8, 4) is 11.1 Å². The van der Waals surface area contributed by atoms with Crippen molar-refractivity contribution in [2.75, 3.05) is 59.4 Å². The minimum Gasteiger partial charge on any atom is -0.348 e. The van der Waals surface area contributed by atoms with Gasteiger partial charge in [0.25, 0.3) is 5.91 Å². The van der Waals surface area contributed by atoms with E-state index in [-0.39, 0.29) is 11.7 Å². The number of likely N-dealkylation sites (N-methyl/N-ethyl adjacent to an activating group) is 1. The van der Waals surface area contributed by atoms with Crippen molar-refractivity contribution >= 4 is 5.91 Å². The highest BCUT2D eigenvalue weighted by molar-refractivity contribution is 5.94. The Morgan fingerprint density at radius 3 is 2.50 bits per heavy atom. The van der Waals surface area contributed by atoms with Crippen molar-refractivity contribution < 1.29 is 13.7 Å². The molecule has 2 aliphatic heterocycles.